The minimum absolute atomic E-state index is 0.0434. The first-order chi connectivity index (χ1) is 23.7. The van der Waals surface area contributed by atoms with Gasteiger partial charge in [-0.05, 0) is 47.8 Å². The molecule has 0 bridgehead atoms. The van der Waals surface area contributed by atoms with E-state index in [0.29, 0.717) is 29.0 Å². The predicted octanol–water partition coefficient (Wildman–Crippen LogP) is 7.14. The molecule has 0 heterocycles. The molecule has 0 radical (unpaired) electrons. The van der Waals surface area contributed by atoms with Crippen LogP contribution >= 0.6 is 0 Å². The highest BCUT2D eigenvalue weighted by molar-refractivity contribution is 6.04. The van der Waals surface area contributed by atoms with Crippen LogP contribution in [0.3, 0.4) is 0 Å². The minimum atomic E-state index is -1.68. The number of amides is 2. The quantitative estimate of drug-likeness (QED) is 0.0774. The Balaban J connectivity index is 1.72. The van der Waals surface area contributed by atoms with Crippen molar-refractivity contribution in [3.63, 3.8) is 0 Å². The second kappa shape index (κ2) is 18.5. The van der Waals surface area contributed by atoms with E-state index in [-0.39, 0.29) is 31.1 Å². The average Bonchev–Trinajstić information content (AvgIpc) is 3.12. The second-order valence-corrected chi connectivity index (χ2v) is 13.2. The number of nitrogens with two attached hydrogens (primary N) is 1. The number of Topliss-reactive ketones (excluding diaryl/α,β-unsaturated/α-hetero) is 1. The van der Waals surface area contributed by atoms with Gasteiger partial charge in [0, 0.05) is 17.7 Å². The van der Waals surface area contributed by atoms with Gasteiger partial charge in [-0.15, -0.1) is 0 Å². The van der Waals surface area contributed by atoms with Gasteiger partial charge >= 0.3 is 6.09 Å². The standard InChI is InChI=1S/C41H53N3O5/c1-4-28-49-40(47)43-27-26-36(44-39(46)37(42)29(3)5-2)38(45)34-20-14-15-21-35(34)41(48,32-18-12-9-13-19-32)33-24-22-31(23-25-33)30-16-10-7-6-8-11-17-30/h4,9,12-15,18-25,29-30,36-37,48H,1,5-8,10-11,16-17,26-28,42H2,2-3H3,(H,43,47)(H,44,46). The molecule has 1 aliphatic rings. The van der Waals surface area contributed by atoms with Crippen LogP contribution in [0, 0.1) is 5.92 Å². The van der Waals surface area contributed by atoms with Crippen LogP contribution in [0.4, 0.5) is 4.79 Å². The van der Waals surface area contributed by atoms with E-state index >= 15 is 0 Å². The zero-order valence-corrected chi connectivity index (χ0v) is 29.0. The number of aliphatic hydroxyl groups is 1. The average molecular weight is 668 g/mol. The number of rotatable bonds is 15. The van der Waals surface area contributed by atoms with E-state index in [0.717, 1.165) is 12.8 Å². The Morgan fingerprint density at radius 2 is 1.55 bits per heavy atom. The number of carbonyl (C=O) groups is 3. The van der Waals surface area contributed by atoms with E-state index in [1.165, 1.54) is 43.7 Å². The smallest absolute Gasteiger partial charge is 0.407 e. The summed E-state index contributed by atoms with van der Waals surface area (Å²) in [7, 11) is 0. The Bertz CT molecular complexity index is 1520. The maximum absolute atomic E-state index is 14.5. The van der Waals surface area contributed by atoms with Crippen molar-refractivity contribution < 1.29 is 24.2 Å². The molecule has 49 heavy (non-hydrogen) atoms. The van der Waals surface area contributed by atoms with Crippen LogP contribution in [-0.4, -0.2) is 48.1 Å². The highest BCUT2D eigenvalue weighted by Crippen LogP contribution is 2.40. The first kappa shape index (κ1) is 37.5. The Hall–Kier alpha value is -4.27. The third kappa shape index (κ3) is 9.67. The molecular formula is C41H53N3O5. The highest BCUT2D eigenvalue weighted by Gasteiger charge is 2.38. The fourth-order valence-corrected chi connectivity index (χ4v) is 6.70. The summed E-state index contributed by atoms with van der Waals surface area (Å²) in [5.74, 6) is -0.477. The predicted molar refractivity (Wildman–Crippen MR) is 194 cm³/mol. The van der Waals surface area contributed by atoms with Crippen LogP contribution in [0.2, 0.25) is 0 Å². The number of nitrogens with one attached hydrogen (secondary N) is 2. The molecule has 0 spiro atoms. The molecule has 4 atom stereocenters. The van der Waals surface area contributed by atoms with Crippen molar-refractivity contribution in [3.8, 4) is 0 Å². The van der Waals surface area contributed by atoms with Crippen LogP contribution in [0.5, 0.6) is 0 Å². The van der Waals surface area contributed by atoms with Crippen LogP contribution in [0.15, 0.2) is 91.5 Å². The molecule has 262 valence electrons. The van der Waals surface area contributed by atoms with Gasteiger partial charge in [0.15, 0.2) is 5.78 Å². The molecule has 3 aromatic rings. The van der Waals surface area contributed by atoms with Crippen molar-refractivity contribution in [2.24, 2.45) is 11.7 Å². The van der Waals surface area contributed by atoms with Gasteiger partial charge in [0.25, 0.3) is 0 Å². The van der Waals surface area contributed by atoms with Gasteiger partial charge in [0.1, 0.15) is 12.2 Å². The number of carbonyl (C=O) groups excluding carboxylic acids is 3. The molecule has 3 aromatic carbocycles. The third-order valence-electron chi connectivity index (χ3n) is 9.91. The summed E-state index contributed by atoms with van der Waals surface area (Å²) < 4.78 is 5.01. The molecule has 0 aliphatic heterocycles. The minimum Gasteiger partial charge on any atom is -0.445 e. The number of alkyl carbamates (subject to hydrolysis) is 1. The first-order valence-corrected chi connectivity index (χ1v) is 17.8. The monoisotopic (exact) mass is 667 g/mol. The highest BCUT2D eigenvalue weighted by atomic mass is 16.5. The molecule has 2 amide bonds. The molecule has 1 fully saturated rings. The van der Waals surface area contributed by atoms with Crippen molar-refractivity contribution in [1.82, 2.24) is 10.6 Å². The van der Waals surface area contributed by atoms with Gasteiger partial charge in [0.05, 0.1) is 12.1 Å². The van der Waals surface area contributed by atoms with E-state index < -0.39 is 35.5 Å². The maximum atomic E-state index is 14.5. The summed E-state index contributed by atoms with van der Waals surface area (Å²) in [6.45, 7) is 7.47. The summed E-state index contributed by atoms with van der Waals surface area (Å²) in [6, 6.07) is 22.6. The molecule has 0 aromatic heterocycles. The van der Waals surface area contributed by atoms with E-state index in [1.54, 1.807) is 24.3 Å². The molecule has 1 aliphatic carbocycles. The Labute approximate surface area is 291 Å². The van der Waals surface area contributed by atoms with E-state index in [9.17, 15) is 19.5 Å². The van der Waals surface area contributed by atoms with Crippen LogP contribution in [-0.2, 0) is 15.1 Å². The van der Waals surface area contributed by atoms with Gasteiger partial charge < -0.3 is 26.2 Å². The van der Waals surface area contributed by atoms with Crippen molar-refractivity contribution in [1.29, 1.82) is 0 Å². The van der Waals surface area contributed by atoms with E-state index in [4.69, 9.17) is 10.5 Å². The SMILES string of the molecule is C=CCOC(=O)NCCC(NC(=O)C(N)C(C)CC)C(=O)c1ccccc1C(O)(c1ccccc1)c1ccc(C2CCCCCCC2)cc1. The number of ether oxygens (including phenoxy) is 1. The molecule has 5 N–H and O–H groups in total. The second-order valence-electron chi connectivity index (χ2n) is 13.2. The van der Waals surface area contributed by atoms with Crippen LogP contribution in [0.1, 0.15) is 110 Å². The lowest BCUT2D eigenvalue weighted by atomic mass is 9.76. The Morgan fingerprint density at radius 1 is 0.939 bits per heavy atom. The van der Waals surface area contributed by atoms with Crippen molar-refractivity contribution in [3.05, 3.63) is 119 Å². The van der Waals surface area contributed by atoms with E-state index in [2.05, 4.69) is 29.3 Å². The largest absolute Gasteiger partial charge is 0.445 e. The van der Waals surface area contributed by atoms with Gasteiger partial charge in [-0.2, -0.15) is 0 Å². The number of benzene rings is 3. The topological polar surface area (TPSA) is 131 Å². The molecular weight excluding hydrogens is 614 g/mol. The zero-order valence-electron chi connectivity index (χ0n) is 29.0. The summed E-state index contributed by atoms with van der Waals surface area (Å²) in [4.78, 5) is 39.9. The van der Waals surface area contributed by atoms with Crippen molar-refractivity contribution in [2.75, 3.05) is 13.2 Å². The fourth-order valence-electron chi connectivity index (χ4n) is 6.70. The first-order valence-electron chi connectivity index (χ1n) is 17.8. The summed E-state index contributed by atoms with van der Waals surface area (Å²) in [6.07, 6.45) is 10.2. The number of ketones is 1. The van der Waals surface area contributed by atoms with Crippen LogP contribution < -0.4 is 16.4 Å². The van der Waals surface area contributed by atoms with Gasteiger partial charge in [0.2, 0.25) is 5.91 Å². The van der Waals surface area contributed by atoms with Crippen molar-refractivity contribution in [2.45, 2.75) is 95.2 Å². The molecule has 8 nitrogen and oxygen atoms in total. The van der Waals surface area contributed by atoms with Gasteiger partial charge in [-0.1, -0.05) is 144 Å². The Morgan fingerprint density at radius 3 is 2.20 bits per heavy atom. The number of hydrogen-bond donors (Lipinski definition) is 4. The zero-order chi connectivity index (χ0) is 35.2. The lowest BCUT2D eigenvalue weighted by Crippen LogP contribution is -2.51. The van der Waals surface area contributed by atoms with Crippen LogP contribution in [0.25, 0.3) is 0 Å². The maximum Gasteiger partial charge on any atom is 0.407 e. The lowest BCUT2D eigenvalue weighted by molar-refractivity contribution is -0.123. The molecule has 1 saturated carbocycles. The third-order valence-corrected chi connectivity index (χ3v) is 9.91. The van der Waals surface area contributed by atoms with Gasteiger partial charge in [-0.25, -0.2) is 4.79 Å². The Kier molecular flexibility index (Phi) is 14.2. The lowest BCUT2D eigenvalue weighted by Gasteiger charge is -2.33. The summed E-state index contributed by atoms with van der Waals surface area (Å²) >= 11 is 0. The number of hydrogen-bond acceptors (Lipinski definition) is 6. The summed E-state index contributed by atoms with van der Waals surface area (Å²) in [5, 5.41) is 18.4. The van der Waals surface area contributed by atoms with Gasteiger partial charge in [-0.3, -0.25) is 9.59 Å². The summed E-state index contributed by atoms with van der Waals surface area (Å²) in [5.41, 5.74) is 7.76. The van der Waals surface area contributed by atoms with Crippen molar-refractivity contribution >= 4 is 17.8 Å². The molecule has 4 rings (SSSR count). The molecule has 8 heteroatoms. The molecule has 4 unspecified atom stereocenters. The van der Waals surface area contributed by atoms with E-state index in [1.807, 2.05) is 56.3 Å². The fraction of sp³-hybridized carbons (Fsp3) is 0.439. The molecule has 0 saturated heterocycles. The normalized spacial score (nSPS) is 16.9.